The first-order chi connectivity index (χ1) is 8.31. The van der Waals surface area contributed by atoms with Gasteiger partial charge in [-0.15, -0.1) is 11.3 Å². The van der Waals surface area contributed by atoms with Crippen molar-refractivity contribution in [2.45, 2.75) is 44.6 Å². The third kappa shape index (κ3) is 3.55. The van der Waals surface area contributed by atoms with Crippen molar-refractivity contribution in [3.05, 3.63) is 33.0 Å². The standard InChI is InChI=1S/C13H19ClN2S/c14-12-9-8-11(17-12)13(16-15)10-6-4-2-1-3-5-7-10/h6,8-9,13,16H,1-5,7,15H2/b10-6+. The van der Waals surface area contributed by atoms with Crippen LogP contribution in [0.1, 0.15) is 49.4 Å². The fraction of sp³-hybridized carbons (Fsp3) is 0.538. The van der Waals surface area contributed by atoms with Crippen molar-refractivity contribution in [1.82, 2.24) is 5.43 Å². The van der Waals surface area contributed by atoms with Crippen molar-refractivity contribution in [3.63, 3.8) is 0 Å². The fourth-order valence-electron chi connectivity index (χ4n) is 2.33. The second-order valence-corrected chi connectivity index (χ2v) is 6.22. The summed E-state index contributed by atoms with van der Waals surface area (Å²) < 4.78 is 0.826. The van der Waals surface area contributed by atoms with Gasteiger partial charge in [-0.3, -0.25) is 5.84 Å². The molecule has 0 radical (unpaired) electrons. The largest absolute Gasteiger partial charge is 0.271 e. The van der Waals surface area contributed by atoms with Crippen molar-refractivity contribution in [2.75, 3.05) is 0 Å². The van der Waals surface area contributed by atoms with Crippen molar-refractivity contribution in [1.29, 1.82) is 0 Å². The Bertz CT molecular complexity index is 387. The highest BCUT2D eigenvalue weighted by molar-refractivity contribution is 7.16. The summed E-state index contributed by atoms with van der Waals surface area (Å²) in [7, 11) is 0. The minimum atomic E-state index is 0.144. The summed E-state index contributed by atoms with van der Waals surface area (Å²) in [6.07, 6.45) is 9.93. The Labute approximate surface area is 112 Å². The number of thiophene rings is 1. The summed E-state index contributed by atoms with van der Waals surface area (Å²) in [5.41, 5.74) is 4.36. The summed E-state index contributed by atoms with van der Waals surface area (Å²) in [6.45, 7) is 0. The molecule has 1 aromatic heterocycles. The summed E-state index contributed by atoms with van der Waals surface area (Å²) in [4.78, 5) is 1.21. The maximum Gasteiger partial charge on any atom is 0.0931 e. The van der Waals surface area contributed by atoms with E-state index in [1.54, 1.807) is 11.3 Å². The van der Waals surface area contributed by atoms with Crippen molar-refractivity contribution < 1.29 is 0 Å². The van der Waals surface area contributed by atoms with Gasteiger partial charge in [-0.25, -0.2) is 5.43 Å². The molecule has 0 amide bonds. The number of rotatable bonds is 3. The molecule has 0 aromatic carbocycles. The van der Waals surface area contributed by atoms with Crippen LogP contribution in [0.5, 0.6) is 0 Å². The monoisotopic (exact) mass is 270 g/mol. The molecule has 17 heavy (non-hydrogen) atoms. The van der Waals surface area contributed by atoms with Crippen LogP contribution in [0.3, 0.4) is 0 Å². The van der Waals surface area contributed by atoms with Gasteiger partial charge in [0.05, 0.1) is 10.4 Å². The number of hydrogen-bond donors (Lipinski definition) is 2. The number of allylic oxidation sites excluding steroid dienone is 1. The first kappa shape index (κ1) is 13.1. The number of hydrogen-bond acceptors (Lipinski definition) is 3. The Hall–Kier alpha value is -0.350. The van der Waals surface area contributed by atoms with Crippen molar-refractivity contribution in [2.24, 2.45) is 5.84 Å². The van der Waals surface area contributed by atoms with Gasteiger partial charge in [0.2, 0.25) is 0 Å². The molecular weight excluding hydrogens is 252 g/mol. The molecule has 1 heterocycles. The van der Waals surface area contributed by atoms with Gasteiger partial charge in [0, 0.05) is 4.88 Å². The van der Waals surface area contributed by atoms with Gasteiger partial charge < -0.3 is 0 Å². The minimum absolute atomic E-state index is 0.144. The highest BCUT2D eigenvalue weighted by atomic mass is 35.5. The molecule has 4 heteroatoms. The SMILES string of the molecule is NNC(/C1=C/CCCCCC1)c1ccc(Cl)s1. The predicted molar refractivity (Wildman–Crippen MR) is 75.2 cm³/mol. The lowest BCUT2D eigenvalue weighted by Crippen LogP contribution is -2.29. The molecule has 1 aliphatic carbocycles. The average molecular weight is 271 g/mol. The highest BCUT2D eigenvalue weighted by Crippen LogP contribution is 2.33. The maximum atomic E-state index is 5.99. The van der Waals surface area contributed by atoms with Crippen LogP contribution in [-0.4, -0.2) is 0 Å². The van der Waals surface area contributed by atoms with Gasteiger partial charge in [-0.2, -0.15) is 0 Å². The predicted octanol–water partition coefficient (Wildman–Crippen LogP) is 4.19. The lowest BCUT2D eigenvalue weighted by molar-refractivity contribution is 0.560. The first-order valence-corrected chi connectivity index (χ1v) is 7.41. The molecule has 1 aromatic rings. The van der Waals surface area contributed by atoms with Crippen LogP contribution in [0.4, 0.5) is 0 Å². The van der Waals surface area contributed by atoms with Crippen molar-refractivity contribution in [3.8, 4) is 0 Å². The Morgan fingerprint density at radius 2 is 2.06 bits per heavy atom. The molecule has 0 bridgehead atoms. The van der Waals surface area contributed by atoms with Crippen LogP contribution in [-0.2, 0) is 0 Å². The summed E-state index contributed by atoms with van der Waals surface area (Å²) >= 11 is 7.60. The highest BCUT2D eigenvalue weighted by Gasteiger charge is 2.17. The molecule has 0 aliphatic heterocycles. The van der Waals surface area contributed by atoms with Gasteiger partial charge >= 0.3 is 0 Å². The zero-order chi connectivity index (χ0) is 12.1. The smallest absolute Gasteiger partial charge is 0.0931 e. The van der Waals surface area contributed by atoms with Crippen LogP contribution in [0, 0.1) is 0 Å². The van der Waals surface area contributed by atoms with Gasteiger partial charge in [-0.05, 0) is 37.8 Å². The third-order valence-corrected chi connectivity index (χ3v) is 4.54. The molecule has 0 fully saturated rings. The van der Waals surface area contributed by atoms with E-state index in [-0.39, 0.29) is 6.04 Å². The molecule has 2 rings (SSSR count). The van der Waals surface area contributed by atoms with E-state index < -0.39 is 0 Å². The molecule has 3 N–H and O–H groups in total. The van der Waals surface area contributed by atoms with E-state index in [1.165, 1.54) is 42.6 Å². The Balaban J connectivity index is 2.16. The fourth-order valence-corrected chi connectivity index (χ4v) is 3.50. The summed E-state index contributed by atoms with van der Waals surface area (Å²) in [5, 5.41) is 0. The minimum Gasteiger partial charge on any atom is -0.271 e. The molecule has 0 saturated heterocycles. The number of nitrogens with two attached hydrogens (primary N) is 1. The molecular formula is C13H19ClN2S. The van der Waals surface area contributed by atoms with Gasteiger partial charge in [0.15, 0.2) is 0 Å². The van der Waals surface area contributed by atoms with Gasteiger partial charge in [0.1, 0.15) is 0 Å². The van der Waals surface area contributed by atoms with Crippen LogP contribution < -0.4 is 11.3 Å². The van der Waals surface area contributed by atoms with E-state index in [4.69, 9.17) is 17.4 Å². The van der Waals surface area contributed by atoms with E-state index in [1.807, 2.05) is 6.07 Å². The quantitative estimate of drug-likeness (QED) is 0.491. The van der Waals surface area contributed by atoms with E-state index in [2.05, 4.69) is 17.6 Å². The number of nitrogens with one attached hydrogen (secondary N) is 1. The molecule has 0 saturated carbocycles. The average Bonchev–Trinajstić information content (AvgIpc) is 2.68. The number of hydrazine groups is 1. The van der Waals surface area contributed by atoms with Crippen LogP contribution in [0.2, 0.25) is 4.34 Å². The van der Waals surface area contributed by atoms with E-state index in [0.29, 0.717) is 0 Å². The lowest BCUT2D eigenvalue weighted by Gasteiger charge is -2.20. The molecule has 1 atom stereocenters. The van der Waals surface area contributed by atoms with Crippen molar-refractivity contribution >= 4 is 22.9 Å². The molecule has 1 aliphatic rings. The normalized spacial score (nSPS) is 22.4. The Kier molecular flexibility index (Phi) is 5.04. The first-order valence-electron chi connectivity index (χ1n) is 6.21. The Morgan fingerprint density at radius 1 is 1.24 bits per heavy atom. The second-order valence-electron chi connectivity index (χ2n) is 4.47. The summed E-state index contributed by atoms with van der Waals surface area (Å²) in [5.74, 6) is 5.71. The molecule has 2 nitrogen and oxygen atoms in total. The zero-order valence-electron chi connectivity index (χ0n) is 9.92. The third-order valence-electron chi connectivity index (χ3n) is 3.24. The van der Waals surface area contributed by atoms with Gasteiger partial charge in [-0.1, -0.05) is 36.1 Å². The second kappa shape index (κ2) is 6.55. The van der Waals surface area contributed by atoms with E-state index >= 15 is 0 Å². The summed E-state index contributed by atoms with van der Waals surface area (Å²) in [6, 6.07) is 4.15. The van der Waals surface area contributed by atoms with Crippen LogP contribution >= 0.6 is 22.9 Å². The van der Waals surface area contributed by atoms with E-state index in [9.17, 15) is 0 Å². The molecule has 94 valence electrons. The maximum absolute atomic E-state index is 5.99. The topological polar surface area (TPSA) is 38.0 Å². The Morgan fingerprint density at radius 3 is 2.76 bits per heavy atom. The van der Waals surface area contributed by atoms with Crippen LogP contribution in [0.25, 0.3) is 0 Å². The van der Waals surface area contributed by atoms with Gasteiger partial charge in [0.25, 0.3) is 0 Å². The molecule has 0 spiro atoms. The van der Waals surface area contributed by atoms with E-state index in [0.717, 1.165) is 10.8 Å². The number of halogens is 1. The lowest BCUT2D eigenvalue weighted by atomic mass is 9.94. The van der Waals surface area contributed by atoms with Crippen LogP contribution in [0.15, 0.2) is 23.8 Å². The zero-order valence-corrected chi connectivity index (χ0v) is 11.5. The molecule has 1 unspecified atom stereocenters.